The molecule has 0 amide bonds. The predicted molar refractivity (Wildman–Crippen MR) is 85.0 cm³/mol. The monoisotopic (exact) mass is 322 g/mol. The number of aromatic nitrogens is 2. The van der Waals surface area contributed by atoms with Crippen LogP contribution in [-0.2, 0) is 0 Å². The molecule has 3 aromatic rings. The number of para-hydroxylation sites is 1. The lowest BCUT2D eigenvalue weighted by Crippen LogP contribution is -2.02. The zero-order valence-electron chi connectivity index (χ0n) is 11.6. The van der Waals surface area contributed by atoms with Crippen LogP contribution < -0.4 is 0 Å². The van der Waals surface area contributed by atoms with Gasteiger partial charge >= 0.3 is 0 Å². The summed E-state index contributed by atoms with van der Waals surface area (Å²) in [4.78, 5) is 4.46. The number of rotatable bonds is 2. The van der Waals surface area contributed by atoms with Crippen LogP contribution in [0.1, 0.15) is 23.7 Å². The first kappa shape index (κ1) is 14.4. The molecular formula is C16H13Cl2FN2. The maximum atomic E-state index is 13.8. The van der Waals surface area contributed by atoms with Gasteiger partial charge in [0.25, 0.3) is 0 Å². The number of hydrogen-bond donors (Lipinski definition) is 0. The van der Waals surface area contributed by atoms with E-state index < -0.39 is 0 Å². The number of nitrogens with zero attached hydrogens (tertiary/aromatic N) is 2. The number of benzene rings is 2. The first-order valence-electron chi connectivity index (χ1n) is 6.56. The average Bonchev–Trinajstić information content (AvgIpc) is 2.78. The minimum absolute atomic E-state index is 0.278. The molecule has 1 aromatic heterocycles. The largest absolute Gasteiger partial charge is 0.294 e. The molecule has 0 aliphatic carbocycles. The molecule has 0 saturated heterocycles. The molecule has 1 atom stereocenters. The Morgan fingerprint density at radius 1 is 1.24 bits per heavy atom. The van der Waals surface area contributed by atoms with Crippen LogP contribution in [0.5, 0.6) is 0 Å². The molecule has 0 radical (unpaired) electrons. The van der Waals surface area contributed by atoms with Gasteiger partial charge in [0, 0.05) is 6.07 Å². The van der Waals surface area contributed by atoms with E-state index in [1.165, 1.54) is 6.07 Å². The van der Waals surface area contributed by atoms with Crippen molar-refractivity contribution in [3.05, 3.63) is 58.6 Å². The summed E-state index contributed by atoms with van der Waals surface area (Å²) in [5.74, 6) is 0.366. The highest BCUT2D eigenvalue weighted by Crippen LogP contribution is 2.32. The molecule has 5 heteroatoms. The normalized spacial score (nSPS) is 12.8. The summed E-state index contributed by atoms with van der Waals surface area (Å²) in [6, 6.07) is 10.7. The van der Waals surface area contributed by atoms with Gasteiger partial charge < -0.3 is 0 Å². The van der Waals surface area contributed by atoms with Gasteiger partial charge in [0.05, 0.1) is 27.1 Å². The van der Waals surface area contributed by atoms with Crippen molar-refractivity contribution in [3.63, 3.8) is 0 Å². The molecule has 0 saturated carbocycles. The van der Waals surface area contributed by atoms with Crippen LogP contribution >= 0.6 is 23.2 Å². The second-order valence-corrected chi connectivity index (χ2v) is 6.02. The zero-order valence-corrected chi connectivity index (χ0v) is 13.1. The summed E-state index contributed by atoms with van der Waals surface area (Å²) in [6.07, 6.45) is 0. The molecule has 108 valence electrons. The van der Waals surface area contributed by atoms with Crippen LogP contribution in [-0.4, -0.2) is 9.55 Å². The highest BCUT2D eigenvalue weighted by atomic mass is 35.5. The van der Waals surface area contributed by atoms with E-state index in [4.69, 9.17) is 23.2 Å². The van der Waals surface area contributed by atoms with Crippen LogP contribution in [0.3, 0.4) is 0 Å². The number of imidazole rings is 1. The Labute approximate surface area is 132 Å². The molecule has 0 fully saturated rings. The maximum Gasteiger partial charge on any atom is 0.132 e. The van der Waals surface area contributed by atoms with Gasteiger partial charge in [-0.2, -0.15) is 0 Å². The molecule has 21 heavy (non-hydrogen) atoms. The van der Waals surface area contributed by atoms with Crippen molar-refractivity contribution in [1.29, 1.82) is 0 Å². The molecule has 1 heterocycles. The van der Waals surface area contributed by atoms with E-state index in [1.807, 2.05) is 35.8 Å². The Kier molecular flexibility index (Phi) is 3.64. The number of halogens is 3. The van der Waals surface area contributed by atoms with Gasteiger partial charge in [0.2, 0.25) is 0 Å². The van der Waals surface area contributed by atoms with Crippen LogP contribution in [0.25, 0.3) is 16.7 Å². The highest BCUT2D eigenvalue weighted by Gasteiger charge is 2.19. The number of fused-ring (bicyclic) bond motifs is 1. The Hall–Kier alpha value is -1.58. The van der Waals surface area contributed by atoms with Crippen LogP contribution in [0.2, 0.25) is 5.02 Å². The number of hydrogen-bond acceptors (Lipinski definition) is 1. The third kappa shape index (κ3) is 2.41. The lowest BCUT2D eigenvalue weighted by molar-refractivity contribution is 0.620. The van der Waals surface area contributed by atoms with E-state index in [-0.39, 0.29) is 11.2 Å². The van der Waals surface area contributed by atoms with Gasteiger partial charge in [-0.15, -0.1) is 11.6 Å². The van der Waals surface area contributed by atoms with E-state index in [9.17, 15) is 4.39 Å². The van der Waals surface area contributed by atoms with Crippen molar-refractivity contribution >= 4 is 34.2 Å². The van der Waals surface area contributed by atoms with E-state index in [2.05, 4.69) is 4.98 Å². The van der Waals surface area contributed by atoms with Crippen molar-refractivity contribution in [2.75, 3.05) is 0 Å². The predicted octanol–water partition coefficient (Wildman–Crippen LogP) is 5.43. The Morgan fingerprint density at radius 3 is 2.62 bits per heavy atom. The Balaban J connectivity index is 2.41. The molecule has 2 aromatic carbocycles. The van der Waals surface area contributed by atoms with E-state index >= 15 is 0 Å². The van der Waals surface area contributed by atoms with Gasteiger partial charge in [0.15, 0.2) is 0 Å². The highest BCUT2D eigenvalue weighted by molar-refractivity contribution is 6.32. The van der Waals surface area contributed by atoms with Crippen LogP contribution in [0.15, 0.2) is 36.4 Å². The SMILES string of the molecule is Cc1cc2c(cc1F)nc(C(C)Cl)n2-c1ccccc1Cl. The van der Waals surface area contributed by atoms with Crippen LogP contribution in [0, 0.1) is 12.7 Å². The van der Waals surface area contributed by atoms with Crippen molar-refractivity contribution < 1.29 is 4.39 Å². The fourth-order valence-corrected chi connectivity index (χ4v) is 2.74. The molecule has 0 N–H and O–H groups in total. The first-order chi connectivity index (χ1) is 9.99. The molecule has 2 nitrogen and oxygen atoms in total. The molecule has 0 aliphatic heterocycles. The van der Waals surface area contributed by atoms with Crippen molar-refractivity contribution in [1.82, 2.24) is 9.55 Å². The van der Waals surface area contributed by atoms with Gasteiger partial charge in [0.1, 0.15) is 11.6 Å². The third-order valence-corrected chi connectivity index (χ3v) is 3.92. The second kappa shape index (κ2) is 5.32. The minimum atomic E-state index is -0.322. The standard InChI is InChI=1S/C16H13Cl2FN2/c1-9-7-15-13(8-12(9)19)20-16(10(2)17)21(15)14-6-4-3-5-11(14)18/h3-8,10H,1-2H3. The smallest absolute Gasteiger partial charge is 0.132 e. The lowest BCUT2D eigenvalue weighted by atomic mass is 10.2. The van der Waals surface area contributed by atoms with Gasteiger partial charge in [-0.05, 0) is 37.6 Å². The van der Waals surface area contributed by atoms with Crippen LogP contribution in [0.4, 0.5) is 4.39 Å². The van der Waals surface area contributed by atoms with Crippen molar-refractivity contribution in [3.8, 4) is 5.69 Å². The summed E-state index contributed by atoms with van der Waals surface area (Å²) >= 11 is 12.5. The van der Waals surface area contributed by atoms with E-state index in [1.54, 1.807) is 13.0 Å². The number of aryl methyl sites for hydroxylation is 1. The zero-order chi connectivity index (χ0) is 15.1. The van der Waals surface area contributed by atoms with E-state index in [0.717, 1.165) is 11.2 Å². The molecule has 0 aliphatic rings. The van der Waals surface area contributed by atoms with Gasteiger partial charge in [-0.25, -0.2) is 9.37 Å². The second-order valence-electron chi connectivity index (χ2n) is 4.96. The fourth-order valence-electron chi connectivity index (χ4n) is 2.37. The molecule has 3 rings (SSSR count). The fraction of sp³-hybridized carbons (Fsp3) is 0.188. The summed E-state index contributed by atoms with van der Waals surface area (Å²) in [7, 11) is 0. The van der Waals surface area contributed by atoms with Gasteiger partial charge in [-0.1, -0.05) is 23.7 Å². The third-order valence-electron chi connectivity index (χ3n) is 3.41. The first-order valence-corrected chi connectivity index (χ1v) is 7.38. The Bertz CT molecular complexity index is 825. The summed E-state index contributed by atoms with van der Waals surface area (Å²) in [6.45, 7) is 3.56. The number of alkyl halides is 1. The topological polar surface area (TPSA) is 17.8 Å². The van der Waals surface area contributed by atoms with Crippen molar-refractivity contribution in [2.45, 2.75) is 19.2 Å². The quantitative estimate of drug-likeness (QED) is 0.575. The van der Waals surface area contributed by atoms with Gasteiger partial charge in [-0.3, -0.25) is 4.57 Å². The Morgan fingerprint density at radius 2 is 1.95 bits per heavy atom. The molecule has 0 bridgehead atoms. The molecule has 1 unspecified atom stereocenters. The summed E-state index contributed by atoms with van der Waals surface area (Å²) in [5.41, 5.74) is 2.71. The summed E-state index contributed by atoms with van der Waals surface area (Å²) < 4.78 is 15.7. The molecular weight excluding hydrogens is 310 g/mol. The summed E-state index contributed by atoms with van der Waals surface area (Å²) in [5, 5.41) is 0.273. The van der Waals surface area contributed by atoms with E-state index in [0.29, 0.717) is 21.9 Å². The minimum Gasteiger partial charge on any atom is -0.294 e. The maximum absolute atomic E-state index is 13.8. The lowest BCUT2D eigenvalue weighted by Gasteiger charge is -2.12. The average molecular weight is 323 g/mol. The van der Waals surface area contributed by atoms with Crippen molar-refractivity contribution in [2.24, 2.45) is 0 Å². The molecule has 0 spiro atoms.